The maximum absolute atomic E-state index is 12.6. The Bertz CT molecular complexity index is 827. The normalized spacial score (nSPS) is 8.78. The minimum Gasteiger partial charge on any atom is -0.465 e. The van der Waals surface area contributed by atoms with Crippen LogP contribution in [-0.4, -0.2) is 18.9 Å². The Morgan fingerprint density at radius 3 is 1.96 bits per heavy atom. The first-order valence-corrected chi connectivity index (χ1v) is 6.11. The lowest BCUT2D eigenvalue weighted by molar-refractivity contribution is 0.0597. The van der Waals surface area contributed by atoms with Crippen molar-refractivity contribution in [1.82, 2.24) is 0 Å². The number of allylic oxidation sites excluding steroid dienone is 2. The Balaban J connectivity index is 3.65. The molecule has 0 amide bonds. The largest absolute Gasteiger partial charge is 0.465 e. The standard InChI is InChI=1S/C16H8N4O3/c1-23-16(22)13-5-3-2-4-12(13)15(21)14(10(6-17)7-18)11(8-19)9-20/h2-5,10H,1H3. The zero-order valence-electron chi connectivity index (χ0n) is 11.9. The number of nitriles is 4. The second kappa shape index (κ2) is 7.74. The first-order valence-electron chi connectivity index (χ1n) is 6.11. The number of benzene rings is 1. The second-order valence-corrected chi connectivity index (χ2v) is 4.07. The number of hydrogen-bond acceptors (Lipinski definition) is 7. The topological polar surface area (TPSA) is 139 Å². The van der Waals surface area contributed by atoms with Crippen molar-refractivity contribution in [1.29, 1.82) is 21.0 Å². The van der Waals surface area contributed by atoms with Crippen LogP contribution in [-0.2, 0) is 4.74 Å². The van der Waals surface area contributed by atoms with E-state index in [9.17, 15) is 9.59 Å². The van der Waals surface area contributed by atoms with Crippen LogP contribution in [0.15, 0.2) is 35.4 Å². The molecule has 1 rings (SSSR count). The summed E-state index contributed by atoms with van der Waals surface area (Å²) in [6.07, 6.45) is 0. The molecule has 110 valence electrons. The summed E-state index contributed by atoms with van der Waals surface area (Å²) in [7, 11) is 1.13. The van der Waals surface area contributed by atoms with Crippen LogP contribution in [0.2, 0.25) is 0 Å². The molecule has 0 aliphatic heterocycles. The average molecular weight is 304 g/mol. The molecule has 23 heavy (non-hydrogen) atoms. The van der Waals surface area contributed by atoms with Gasteiger partial charge in [0.25, 0.3) is 0 Å². The molecule has 0 aliphatic carbocycles. The minimum absolute atomic E-state index is 0.0950. The zero-order chi connectivity index (χ0) is 17.4. The second-order valence-electron chi connectivity index (χ2n) is 4.07. The Hall–Kier alpha value is -3.94. The molecule has 0 heterocycles. The van der Waals surface area contributed by atoms with Gasteiger partial charge in [0.15, 0.2) is 11.7 Å². The van der Waals surface area contributed by atoms with E-state index in [1.165, 1.54) is 36.4 Å². The van der Waals surface area contributed by atoms with Crippen molar-refractivity contribution in [2.24, 2.45) is 5.92 Å². The van der Waals surface area contributed by atoms with Crippen LogP contribution in [0.3, 0.4) is 0 Å². The van der Waals surface area contributed by atoms with Gasteiger partial charge in [-0.3, -0.25) is 4.79 Å². The van der Waals surface area contributed by atoms with E-state index in [4.69, 9.17) is 21.0 Å². The third kappa shape index (κ3) is 3.39. The summed E-state index contributed by atoms with van der Waals surface area (Å²) in [5.41, 5.74) is -1.46. The maximum Gasteiger partial charge on any atom is 0.338 e. The lowest BCUT2D eigenvalue weighted by atomic mass is 9.88. The number of hydrogen-bond donors (Lipinski definition) is 0. The van der Waals surface area contributed by atoms with Crippen LogP contribution in [0, 0.1) is 51.2 Å². The molecule has 7 heteroatoms. The molecular formula is C16H8N4O3. The van der Waals surface area contributed by atoms with Crippen LogP contribution in [0.25, 0.3) is 0 Å². The molecule has 0 atom stereocenters. The van der Waals surface area contributed by atoms with E-state index in [1.54, 1.807) is 12.1 Å². The molecule has 0 aromatic heterocycles. The van der Waals surface area contributed by atoms with Gasteiger partial charge in [-0.25, -0.2) is 4.79 Å². The van der Waals surface area contributed by atoms with Gasteiger partial charge in [-0.15, -0.1) is 0 Å². The van der Waals surface area contributed by atoms with Gasteiger partial charge in [-0.05, 0) is 6.07 Å². The zero-order valence-corrected chi connectivity index (χ0v) is 11.9. The van der Waals surface area contributed by atoms with Crippen LogP contribution >= 0.6 is 0 Å². The van der Waals surface area contributed by atoms with E-state index in [-0.39, 0.29) is 11.1 Å². The summed E-state index contributed by atoms with van der Waals surface area (Å²) in [6, 6.07) is 11.7. The summed E-state index contributed by atoms with van der Waals surface area (Å²) < 4.78 is 4.57. The van der Waals surface area contributed by atoms with E-state index in [1.807, 2.05) is 0 Å². The number of esters is 1. The predicted molar refractivity (Wildman–Crippen MR) is 75.1 cm³/mol. The van der Waals surface area contributed by atoms with Crippen molar-refractivity contribution in [2.45, 2.75) is 0 Å². The van der Waals surface area contributed by atoms with Crippen molar-refractivity contribution in [2.75, 3.05) is 7.11 Å². The molecule has 0 fully saturated rings. The number of carbonyl (C=O) groups is 2. The third-order valence-electron chi connectivity index (χ3n) is 2.86. The summed E-state index contributed by atoms with van der Waals surface area (Å²) in [6.45, 7) is 0. The SMILES string of the molecule is COC(=O)c1ccccc1C(=O)C(=C(C#N)C#N)C(C#N)C#N. The highest BCUT2D eigenvalue weighted by Gasteiger charge is 2.29. The molecule has 0 saturated carbocycles. The Labute approximate surface area is 131 Å². The summed E-state index contributed by atoms with van der Waals surface area (Å²) in [5.74, 6) is -3.33. The highest BCUT2D eigenvalue weighted by Crippen LogP contribution is 2.23. The van der Waals surface area contributed by atoms with Crippen molar-refractivity contribution < 1.29 is 14.3 Å². The van der Waals surface area contributed by atoms with E-state index in [0.29, 0.717) is 0 Å². The summed E-state index contributed by atoms with van der Waals surface area (Å²) in [5, 5.41) is 35.9. The molecule has 1 aromatic carbocycles. The first-order chi connectivity index (χ1) is 11.0. The number of methoxy groups -OCH3 is 1. The third-order valence-corrected chi connectivity index (χ3v) is 2.86. The van der Waals surface area contributed by atoms with Gasteiger partial charge in [0.05, 0.1) is 30.4 Å². The fraction of sp³-hybridized carbons (Fsp3) is 0.125. The number of ketones is 1. The fourth-order valence-electron chi connectivity index (χ4n) is 1.81. The molecule has 0 N–H and O–H groups in total. The van der Waals surface area contributed by atoms with Gasteiger partial charge >= 0.3 is 5.97 Å². The van der Waals surface area contributed by atoms with Gasteiger partial charge in [0.1, 0.15) is 17.7 Å². The lowest BCUT2D eigenvalue weighted by Crippen LogP contribution is -2.17. The van der Waals surface area contributed by atoms with E-state index in [2.05, 4.69) is 4.74 Å². The fourth-order valence-corrected chi connectivity index (χ4v) is 1.81. The first kappa shape index (κ1) is 17.1. The number of carbonyl (C=O) groups excluding carboxylic acids is 2. The Morgan fingerprint density at radius 2 is 1.52 bits per heavy atom. The van der Waals surface area contributed by atoms with E-state index >= 15 is 0 Å². The maximum atomic E-state index is 12.6. The molecule has 0 aliphatic rings. The lowest BCUT2D eigenvalue weighted by Gasteiger charge is -2.10. The molecule has 1 aromatic rings. The predicted octanol–water partition coefficient (Wildman–Crippen LogP) is 1.66. The Morgan fingerprint density at radius 1 is 1.00 bits per heavy atom. The number of rotatable bonds is 4. The van der Waals surface area contributed by atoms with Crippen molar-refractivity contribution in [3.63, 3.8) is 0 Å². The van der Waals surface area contributed by atoms with Crippen molar-refractivity contribution in [3.8, 4) is 24.3 Å². The van der Waals surface area contributed by atoms with Gasteiger partial charge in [0.2, 0.25) is 0 Å². The van der Waals surface area contributed by atoms with Crippen LogP contribution in [0.1, 0.15) is 20.7 Å². The summed E-state index contributed by atoms with van der Waals surface area (Å²) in [4.78, 5) is 24.4. The van der Waals surface area contributed by atoms with Gasteiger partial charge < -0.3 is 4.74 Å². The quantitative estimate of drug-likeness (QED) is 0.356. The Kier molecular flexibility index (Phi) is 5.76. The van der Waals surface area contributed by atoms with Crippen LogP contribution < -0.4 is 0 Å². The van der Waals surface area contributed by atoms with Gasteiger partial charge in [0, 0.05) is 5.56 Å². The van der Waals surface area contributed by atoms with Crippen LogP contribution in [0.5, 0.6) is 0 Å². The van der Waals surface area contributed by atoms with E-state index in [0.717, 1.165) is 7.11 Å². The molecule has 0 unspecified atom stereocenters. The number of nitrogens with zero attached hydrogens (tertiary/aromatic N) is 4. The minimum atomic E-state index is -1.61. The van der Waals surface area contributed by atoms with E-state index < -0.39 is 28.8 Å². The molecule has 0 spiro atoms. The molecule has 0 bridgehead atoms. The number of ether oxygens (including phenoxy) is 1. The molecule has 0 saturated heterocycles. The summed E-state index contributed by atoms with van der Waals surface area (Å²) >= 11 is 0. The number of Topliss-reactive ketones (excluding diaryl/α,β-unsaturated/α-hetero) is 1. The highest BCUT2D eigenvalue weighted by molar-refractivity contribution is 6.15. The van der Waals surface area contributed by atoms with Crippen LogP contribution in [0.4, 0.5) is 0 Å². The molecule has 0 radical (unpaired) electrons. The molecular weight excluding hydrogens is 296 g/mol. The smallest absolute Gasteiger partial charge is 0.338 e. The average Bonchev–Trinajstić information content (AvgIpc) is 2.60. The monoisotopic (exact) mass is 304 g/mol. The highest BCUT2D eigenvalue weighted by atomic mass is 16.5. The van der Waals surface area contributed by atoms with Gasteiger partial charge in [-0.1, -0.05) is 18.2 Å². The van der Waals surface area contributed by atoms with Crippen molar-refractivity contribution >= 4 is 11.8 Å². The molecule has 7 nitrogen and oxygen atoms in total. The van der Waals surface area contributed by atoms with Crippen molar-refractivity contribution in [3.05, 3.63) is 46.5 Å². The van der Waals surface area contributed by atoms with Gasteiger partial charge in [-0.2, -0.15) is 21.0 Å².